The van der Waals surface area contributed by atoms with Crippen LogP contribution in [0.2, 0.25) is 0 Å². The molecule has 0 spiro atoms. The van der Waals surface area contributed by atoms with Crippen LogP contribution in [0.5, 0.6) is 0 Å². The summed E-state index contributed by atoms with van der Waals surface area (Å²) in [6.07, 6.45) is 0.0388. The normalized spacial score (nSPS) is 11.8. The molecule has 0 aliphatic heterocycles. The van der Waals surface area contributed by atoms with E-state index in [0.29, 0.717) is 17.6 Å². The first-order valence-corrected chi connectivity index (χ1v) is 13.1. The maximum absolute atomic E-state index is 12.5. The summed E-state index contributed by atoms with van der Waals surface area (Å²) in [6.45, 7) is 5.66. The lowest BCUT2D eigenvalue weighted by molar-refractivity contribution is 0.0500. The number of carboxylic acids is 1. The molecule has 0 radical (unpaired) electrons. The molecule has 2 aromatic heterocycles. The van der Waals surface area contributed by atoms with Gasteiger partial charge in [-0.25, -0.2) is 9.59 Å². The van der Waals surface area contributed by atoms with E-state index in [2.05, 4.69) is 10.6 Å². The minimum Gasteiger partial charge on any atom is -0.475 e. The number of para-hydroxylation sites is 2. The Hall–Kier alpha value is -5.05. The van der Waals surface area contributed by atoms with Gasteiger partial charge in [-0.3, -0.25) is 4.79 Å². The van der Waals surface area contributed by atoms with Crippen molar-refractivity contribution in [3.8, 4) is 0 Å². The average Bonchev–Trinajstić information content (AvgIpc) is 3.56. The second-order valence-corrected chi connectivity index (χ2v) is 10.3. The fourth-order valence-electron chi connectivity index (χ4n) is 4.03. The van der Waals surface area contributed by atoms with Gasteiger partial charge in [0.1, 0.15) is 16.8 Å². The number of nitrogens with one attached hydrogen (secondary N) is 2. The van der Waals surface area contributed by atoms with Gasteiger partial charge in [0.25, 0.3) is 5.91 Å². The first-order chi connectivity index (χ1) is 19.6. The van der Waals surface area contributed by atoms with E-state index < -0.39 is 17.7 Å². The van der Waals surface area contributed by atoms with Crippen LogP contribution in [0.1, 0.15) is 47.4 Å². The highest BCUT2D eigenvalue weighted by molar-refractivity contribution is 5.96. The summed E-state index contributed by atoms with van der Waals surface area (Å²) in [4.78, 5) is 35.2. The molecule has 0 aliphatic carbocycles. The molecular formula is C32H32N2O7. The number of furan rings is 2. The summed E-state index contributed by atoms with van der Waals surface area (Å²) < 4.78 is 16.0. The number of ether oxygens (including phenoxy) is 1. The van der Waals surface area contributed by atoms with Crippen LogP contribution in [0.4, 0.5) is 4.79 Å². The molecule has 5 aromatic rings. The largest absolute Gasteiger partial charge is 0.475 e. The number of benzene rings is 3. The number of fused-ring (bicyclic) bond motifs is 2. The lowest BCUT2D eigenvalue weighted by Crippen LogP contribution is -2.46. The number of carbonyl (C=O) groups is 3. The predicted octanol–water partition coefficient (Wildman–Crippen LogP) is 6.43. The van der Waals surface area contributed by atoms with Gasteiger partial charge < -0.3 is 29.3 Å². The Labute approximate surface area is 237 Å². The molecule has 5 rings (SSSR count). The molecule has 0 unspecified atom stereocenters. The lowest BCUT2D eigenvalue weighted by atomic mass is 10.1. The Balaban J connectivity index is 0.000000267. The van der Waals surface area contributed by atoms with E-state index in [-0.39, 0.29) is 30.0 Å². The first kappa shape index (κ1) is 28.9. The summed E-state index contributed by atoms with van der Waals surface area (Å²) in [5.41, 5.74) is 1.71. The molecule has 9 heteroatoms. The fraction of sp³-hybridized carbons (Fsp3) is 0.219. The number of rotatable bonds is 7. The minimum atomic E-state index is -1.04. The monoisotopic (exact) mass is 556 g/mol. The number of aromatic carboxylic acids is 1. The molecule has 1 atom stereocenters. The average molecular weight is 557 g/mol. The standard InChI is InChI=1S/C23H26N2O4.C9H6O3/c1-23(2,3)29-22(27)25-18(13-16-9-5-4-6-10-16)15-24-21(26)20-14-17-11-7-8-12-19(17)28-20;10-9(11)8-5-6-3-1-2-4-7(6)12-8/h4-12,14,18H,13,15H2,1-3H3,(H,24,26)(H,25,27);1-5H,(H,10,11)/t18-;/m0./s1. The SMILES string of the molecule is CC(C)(C)OC(=O)N[C@H](CNC(=O)c1cc2ccccc2o1)Cc1ccccc1.O=C(O)c1cc2ccccc2o1. The Morgan fingerprint density at radius 3 is 1.90 bits per heavy atom. The van der Waals surface area contributed by atoms with Gasteiger partial charge in [0.2, 0.25) is 5.76 Å². The van der Waals surface area contributed by atoms with E-state index in [4.69, 9.17) is 18.7 Å². The summed E-state index contributed by atoms with van der Waals surface area (Å²) in [7, 11) is 0. The molecule has 0 saturated carbocycles. The van der Waals surface area contributed by atoms with Crippen LogP contribution in [0.3, 0.4) is 0 Å². The molecule has 9 nitrogen and oxygen atoms in total. The molecule has 2 amide bonds. The molecule has 0 fully saturated rings. The molecule has 0 bridgehead atoms. The molecule has 212 valence electrons. The van der Waals surface area contributed by atoms with Gasteiger partial charge >= 0.3 is 12.1 Å². The summed E-state index contributed by atoms with van der Waals surface area (Å²) in [5.74, 6) is -1.14. The quantitative estimate of drug-likeness (QED) is 0.211. The van der Waals surface area contributed by atoms with Crippen molar-refractivity contribution < 1.29 is 33.1 Å². The highest BCUT2D eigenvalue weighted by Crippen LogP contribution is 2.19. The first-order valence-electron chi connectivity index (χ1n) is 13.1. The van der Waals surface area contributed by atoms with Crippen LogP contribution in [0, 0.1) is 0 Å². The topological polar surface area (TPSA) is 131 Å². The van der Waals surface area contributed by atoms with E-state index in [1.165, 1.54) is 6.07 Å². The van der Waals surface area contributed by atoms with Crippen molar-refractivity contribution in [2.24, 2.45) is 0 Å². The maximum Gasteiger partial charge on any atom is 0.407 e. The second kappa shape index (κ2) is 12.9. The summed E-state index contributed by atoms with van der Waals surface area (Å²) >= 11 is 0. The van der Waals surface area contributed by atoms with Crippen LogP contribution in [-0.2, 0) is 11.2 Å². The van der Waals surface area contributed by atoms with Gasteiger partial charge in [0.05, 0.1) is 6.04 Å². The third kappa shape index (κ3) is 8.47. The molecule has 2 heterocycles. The Bertz CT molecular complexity index is 1560. The maximum atomic E-state index is 12.5. The van der Waals surface area contributed by atoms with Crippen LogP contribution in [0.25, 0.3) is 21.9 Å². The molecule has 0 aliphatic rings. The van der Waals surface area contributed by atoms with E-state index in [9.17, 15) is 14.4 Å². The van der Waals surface area contributed by atoms with Crippen LogP contribution in [-0.4, -0.2) is 41.3 Å². The zero-order chi connectivity index (χ0) is 29.4. The summed E-state index contributed by atoms with van der Waals surface area (Å²) in [5, 5.41) is 16.0. The lowest BCUT2D eigenvalue weighted by Gasteiger charge is -2.24. The highest BCUT2D eigenvalue weighted by atomic mass is 16.6. The fourth-order valence-corrected chi connectivity index (χ4v) is 4.03. The molecule has 41 heavy (non-hydrogen) atoms. The third-order valence-electron chi connectivity index (χ3n) is 5.84. The smallest absolute Gasteiger partial charge is 0.407 e. The van der Waals surface area contributed by atoms with Crippen LogP contribution >= 0.6 is 0 Å². The van der Waals surface area contributed by atoms with Gasteiger partial charge in [-0.2, -0.15) is 0 Å². The van der Waals surface area contributed by atoms with Gasteiger partial charge in [0.15, 0.2) is 5.76 Å². The molecular weight excluding hydrogens is 524 g/mol. The molecule has 0 saturated heterocycles. The van der Waals surface area contributed by atoms with Crippen molar-refractivity contribution in [2.75, 3.05) is 6.54 Å². The third-order valence-corrected chi connectivity index (χ3v) is 5.84. The number of amides is 2. The van der Waals surface area contributed by atoms with Gasteiger partial charge in [-0.1, -0.05) is 66.7 Å². The van der Waals surface area contributed by atoms with Gasteiger partial charge in [-0.05, 0) is 57.0 Å². The number of carbonyl (C=O) groups excluding carboxylic acids is 2. The number of hydrogen-bond donors (Lipinski definition) is 3. The predicted molar refractivity (Wildman–Crippen MR) is 155 cm³/mol. The van der Waals surface area contributed by atoms with Crippen molar-refractivity contribution in [1.82, 2.24) is 10.6 Å². The number of alkyl carbamates (subject to hydrolysis) is 1. The van der Waals surface area contributed by atoms with Crippen LogP contribution < -0.4 is 10.6 Å². The highest BCUT2D eigenvalue weighted by Gasteiger charge is 2.21. The van der Waals surface area contributed by atoms with E-state index in [1.54, 1.807) is 18.2 Å². The van der Waals surface area contributed by atoms with Crippen molar-refractivity contribution in [1.29, 1.82) is 0 Å². The number of carboxylic acid groups (broad SMARTS) is 1. The van der Waals surface area contributed by atoms with E-state index in [1.807, 2.05) is 87.5 Å². The van der Waals surface area contributed by atoms with Crippen molar-refractivity contribution in [3.05, 3.63) is 108 Å². The number of hydrogen-bond acceptors (Lipinski definition) is 6. The summed E-state index contributed by atoms with van der Waals surface area (Å²) in [6, 6.07) is 27.3. The zero-order valence-corrected chi connectivity index (χ0v) is 23.0. The Kier molecular flexibility index (Phi) is 9.08. The molecule has 3 N–H and O–H groups in total. The minimum absolute atomic E-state index is 0.0174. The van der Waals surface area contributed by atoms with Crippen molar-refractivity contribution in [3.63, 3.8) is 0 Å². The Morgan fingerprint density at radius 2 is 1.34 bits per heavy atom. The molecule has 3 aromatic carbocycles. The van der Waals surface area contributed by atoms with Gasteiger partial charge in [-0.15, -0.1) is 0 Å². The Morgan fingerprint density at radius 1 is 0.805 bits per heavy atom. The van der Waals surface area contributed by atoms with E-state index in [0.717, 1.165) is 16.3 Å². The second-order valence-electron chi connectivity index (χ2n) is 10.3. The van der Waals surface area contributed by atoms with Crippen molar-refractivity contribution >= 4 is 39.9 Å². The zero-order valence-electron chi connectivity index (χ0n) is 23.0. The van der Waals surface area contributed by atoms with E-state index >= 15 is 0 Å². The van der Waals surface area contributed by atoms with Crippen LogP contribution in [0.15, 0.2) is 99.8 Å². The van der Waals surface area contributed by atoms with Crippen molar-refractivity contribution in [2.45, 2.75) is 38.8 Å². The van der Waals surface area contributed by atoms with Gasteiger partial charge in [0, 0.05) is 17.3 Å².